The van der Waals surface area contributed by atoms with E-state index >= 15 is 0 Å². The highest BCUT2D eigenvalue weighted by atomic mass is 19.1. The first-order chi connectivity index (χ1) is 13.1. The number of alkyl halides is 1. The van der Waals surface area contributed by atoms with E-state index in [1.165, 1.54) is 0 Å². The highest BCUT2D eigenvalue weighted by Crippen LogP contribution is 2.23. The van der Waals surface area contributed by atoms with Crippen molar-refractivity contribution in [3.05, 3.63) is 39.1 Å². The molecule has 1 aliphatic heterocycles. The van der Waals surface area contributed by atoms with E-state index in [2.05, 4.69) is 20.1 Å². The number of fused-ring (bicyclic) bond motifs is 1. The summed E-state index contributed by atoms with van der Waals surface area (Å²) in [5, 5.41) is 14.8. The molecule has 27 heavy (non-hydrogen) atoms. The lowest BCUT2D eigenvalue weighted by Crippen LogP contribution is -2.26. The normalized spacial score (nSPS) is 21.7. The SMILES string of the molecule is O=c1[nH]c(O)c(/C=c2/cnn3c(=NC4CC4)cc(N4CC[C@@H](F)C4)nc23)[nH]1. The van der Waals surface area contributed by atoms with E-state index in [-0.39, 0.29) is 17.6 Å². The lowest BCUT2D eigenvalue weighted by Gasteiger charge is -2.16. The Balaban J connectivity index is 1.71. The fraction of sp³-hybridized carbons (Fsp3) is 0.412. The lowest BCUT2D eigenvalue weighted by molar-refractivity contribution is 0.364. The van der Waals surface area contributed by atoms with Crippen molar-refractivity contribution >= 4 is 17.5 Å². The van der Waals surface area contributed by atoms with Gasteiger partial charge in [-0.05, 0) is 25.3 Å². The van der Waals surface area contributed by atoms with Gasteiger partial charge in [0.25, 0.3) is 0 Å². The molecule has 5 rings (SSSR count). The molecule has 1 saturated heterocycles. The smallest absolute Gasteiger partial charge is 0.326 e. The standard InChI is InChI=1S/C17H18FN7O2/c18-10-3-4-24(8-10)13-6-14(20-11-1-2-11)25-15(22-13)9(7-19-25)5-12-16(26)23-17(27)21-12/h5-7,10-11,26H,1-4,8H2,(H2,21,23,27)/b9-5-,20-14?/t10-/m1/s1. The third-order valence-corrected chi connectivity index (χ3v) is 4.82. The van der Waals surface area contributed by atoms with Crippen molar-refractivity contribution in [3.8, 4) is 5.88 Å². The zero-order valence-electron chi connectivity index (χ0n) is 14.4. The van der Waals surface area contributed by atoms with E-state index in [0.29, 0.717) is 41.7 Å². The maximum atomic E-state index is 13.7. The third-order valence-electron chi connectivity index (χ3n) is 4.82. The average Bonchev–Trinajstić information content (AvgIpc) is 3.04. The quantitative estimate of drug-likeness (QED) is 0.580. The Morgan fingerprint density at radius 2 is 2.19 bits per heavy atom. The van der Waals surface area contributed by atoms with Crippen molar-refractivity contribution in [2.24, 2.45) is 4.99 Å². The number of halogens is 1. The van der Waals surface area contributed by atoms with E-state index in [4.69, 9.17) is 4.99 Å². The molecule has 3 aromatic rings. The molecular formula is C17H18FN7O2. The second kappa shape index (κ2) is 5.93. The molecule has 1 saturated carbocycles. The first-order valence-corrected chi connectivity index (χ1v) is 8.91. The number of aromatic hydroxyl groups is 1. The van der Waals surface area contributed by atoms with Gasteiger partial charge in [-0.3, -0.25) is 9.98 Å². The molecule has 2 aliphatic rings. The molecule has 0 radical (unpaired) electrons. The number of anilines is 1. The predicted molar refractivity (Wildman–Crippen MR) is 95.2 cm³/mol. The first kappa shape index (κ1) is 16.0. The van der Waals surface area contributed by atoms with Gasteiger partial charge in [0.1, 0.15) is 17.7 Å². The summed E-state index contributed by atoms with van der Waals surface area (Å²) in [6.07, 6.45) is 4.92. The number of aromatic amines is 2. The summed E-state index contributed by atoms with van der Waals surface area (Å²) in [6, 6.07) is 2.13. The van der Waals surface area contributed by atoms with Gasteiger partial charge in [-0.1, -0.05) is 0 Å². The van der Waals surface area contributed by atoms with Crippen LogP contribution in [0, 0.1) is 0 Å². The molecule has 10 heteroatoms. The summed E-state index contributed by atoms with van der Waals surface area (Å²) in [7, 11) is 0. The summed E-state index contributed by atoms with van der Waals surface area (Å²) in [4.78, 5) is 27.4. The van der Waals surface area contributed by atoms with Crippen molar-refractivity contribution in [2.75, 3.05) is 18.0 Å². The first-order valence-electron chi connectivity index (χ1n) is 8.91. The molecule has 4 heterocycles. The summed E-state index contributed by atoms with van der Waals surface area (Å²) < 4.78 is 15.3. The van der Waals surface area contributed by atoms with Crippen LogP contribution in [-0.4, -0.2) is 55.0 Å². The maximum absolute atomic E-state index is 13.7. The van der Waals surface area contributed by atoms with Crippen molar-refractivity contribution in [1.29, 1.82) is 0 Å². The zero-order chi connectivity index (χ0) is 18.5. The second-order valence-corrected chi connectivity index (χ2v) is 6.99. The minimum Gasteiger partial charge on any atom is -0.493 e. The molecule has 9 nitrogen and oxygen atoms in total. The van der Waals surface area contributed by atoms with Gasteiger partial charge in [-0.25, -0.2) is 14.2 Å². The summed E-state index contributed by atoms with van der Waals surface area (Å²) in [5.74, 6) is 0.405. The molecule has 3 N–H and O–H groups in total. The molecule has 0 bridgehead atoms. The van der Waals surface area contributed by atoms with E-state index < -0.39 is 11.9 Å². The fourth-order valence-electron chi connectivity index (χ4n) is 3.27. The molecule has 0 spiro atoms. The van der Waals surface area contributed by atoms with Gasteiger partial charge < -0.3 is 15.0 Å². The number of nitrogens with one attached hydrogen (secondary N) is 2. The molecule has 0 amide bonds. The van der Waals surface area contributed by atoms with Crippen LogP contribution in [0.1, 0.15) is 25.0 Å². The van der Waals surface area contributed by atoms with Crippen LogP contribution in [0.4, 0.5) is 10.2 Å². The van der Waals surface area contributed by atoms with Crippen molar-refractivity contribution in [1.82, 2.24) is 24.6 Å². The largest absolute Gasteiger partial charge is 0.493 e. The van der Waals surface area contributed by atoms with Crippen LogP contribution in [-0.2, 0) is 0 Å². The van der Waals surface area contributed by atoms with Gasteiger partial charge >= 0.3 is 5.69 Å². The van der Waals surface area contributed by atoms with Crippen LogP contribution in [0.2, 0.25) is 0 Å². The molecular weight excluding hydrogens is 353 g/mol. The number of rotatable bonds is 3. The molecule has 1 aliphatic carbocycles. The lowest BCUT2D eigenvalue weighted by atomic mass is 10.3. The number of nitrogens with zero attached hydrogens (tertiary/aromatic N) is 5. The van der Waals surface area contributed by atoms with Gasteiger partial charge in [-0.2, -0.15) is 9.61 Å². The number of H-pyrrole nitrogens is 2. The van der Waals surface area contributed by atoms with Gasteiger partial charge in [0.15, 0.2) is 11.1 Å². The van der Waals surface area contributed by atoms with Crippen molar-refractivity contribution < 1.29 is 9.50 Å². The van der Waals surface area contributed by atoms with Crippen LogP contribution in [0.15, 0.2) is 22.1 Å². The Labute approximate surface area is 151 Å². The minimum absolute atomic E-state index is 0.243. The molecule has 3 aromatic heterocycles. The van der Waals surface area contributed by atoms with Crippen molar-refractivity contribution in [2.45, 2.75) is 31.5 Å². The fourth-order valence-corrected chi connectivity index (χ4v) is 3.27. The summed E-state index contributed by atoms with van der Waals surface area (Å²) >= 11 is 0. The monoisotopic (exact) mass is 371 g/mol. The van der Waals surface area contributed by atoms with Crippen LogP contribution < -0.4 is 21.3 Å². The van der Waals surface area contributed by atoms with Crippen LogP contribution in [0.25, 0.3) is 11.7 Å². The van der Waals surface area contributed by atoms with Gasteiger partial charge in [-0.15, -0.1) is 0 Å². The highest BCUT2D eigenvalue weighted by molar-refractivity contribution is 5.58. The van der Waals surface area contributed by atoms with E-state index in [1.54, 1.807) is 16.8 Å². The predicted octanol–water partition coefficient (Wildman–Crippen LogP) is -0.390. The van der Waals surface area contributed by atoms with E-state index in [0.717, 1.165) is 12.8 Å². The maximum Gasteiger partial charge on any atom is 0.326 e. The van der Waals surface area contributed by atoms with Gasteiger partial charge in [0.05, 0.1) is 18.8 Å². The Hall–Kier alpha value is -3.17. The molecule has 0 aromatic carbocycles. The van der Waals surface area contributed by atoms with E-state index in [9.17, 15) is 14.3 Å². The number of aromatic nitrogens is 5. The van der Waals surface area contributed by atoms with Crippen LogP contribution in [0.5, 0.6) is 5.88 Å². The number of hydrogen-bond donors (Lipinski definition) is 3. The minimum atomic E-state index is -0.857. The van der Waals surface area contributed by atoms with Gasteiger partial charge in [0, 0.05) is 17.8 Å². The number of hydrogen-bond acceptors (Lipinski definition) is 6. The summed E-state index contributed by atoms with van der Waals surface area (Å²) in [5.41, 5.74) is 0.953. The van der Waals surface area contributed by atoms with Gasteiger partial charge in [0.2, 0.25) is 5.88 Å². The average molecular weight is 371 g/mol. The Kier molecular flexibility index (Phi) is 3.52. The Bertz CT molecular complexity index is 1190. The topological polar surface area (TPSA) is 115 Å². The Morgan fingerprint density at radius 3 is 2.85 bits per heavy atom. The highest BCUT2D eigenvalue weighted by Gasteiger charge is 2.25. The Morgan fingerprint density at radius 1 is 1.33 bits per heavy atom. The van der Waals surface area contributed by atoms with E-state index in [1.807, 2.05) is 11.0 Å². The second-order valence-electron chi connectivity index (χ2n) is 6.99. The molecule has 140 valence electrons. The van der Waals surface area contributed by atoms with Crippen LogP contribution >= 0.6 is 0 Å². The van der Waals surface area contributed by atoms with Crippen molar-refractivity contribution in [3.63, 3.8) is 0 Å². The molecule has 0 unspecified atom stereocenters. The summed E-state index contributed by atoms with van der Waals surface area (Å²) in [6.45, 7) is 0.914. The third kappa shape index (κ3) is 2.96. The molecule has 1 atom stereocenters. The number of imidazole rings is 1. The van der Waals surface area contributed by atoms with Crippen LogP contribution in [0.3, 0.4) is 0 Å². The zero-order valence-corrected chi connectivity index (χ0v) is 14.4. The molecule has 2 fully saturated rings.